The third-order valence-electron chi connectivity index (χ3n) is 3.03. The first kappa shape index (κ1) is 15.8. The summed E-state index contributed by atoms with van der Waals surface area (Å²) in [5.74, 6) is 1.46. The van der Waals surface area contributed by atoms with E-state index in [1.807, 2.05) is 0 Å². The van der Waals surface area contributed by atoms with Crippen molar-refractivity contribution in [2.75, 3.05) is 0 Å². The van der Waals surface area contributed by atoms with Crippen LogP contribution in [-0.4, -0.2) is 0 Å². The molecule has 1 atom stereocenters. The Morgan fingerprint density at radius 1 is 1.00 bits per heavy atom. The Morgan fingerprint density at radius 2 is 1.62 bits per heavy atom. The number of nitrogens with two attached hydrogens (primary N) is 1. The molecular weight excluding hydrogens is 308 g/mol. The van der Waals surface area contributed by atoms with Crippen molar-refractivity contribution in [3.8, 4) is 0 Å². The molecule has 0 aliphatic rings. The van der Waals surface area contributed by atoms with Gasteiger partial charge in [0.15, 0.2) is 0 Å². The van der Waals surface area contributed by atoms with Gasteiger partial charge in [-0.15, -0.1) is 0 Å². The Kier molecular flexibility index (Phi) is 4.82. The van der Waals surface area contributed by atoms with Crippen LogP contribution < -0.4 is 11.3 Å². The molecule has 2 aromatic carbocycles. The maximum absolute atomic E-state index is 13.7. The van der Waals surface area contributed by atoms with Gasteiger partial charge in [-0.1, -0.05) is 11.6 Å². The van der Waals surface area contributed by atoms with Crippen LogP contribution in [0.4, 0.5) is 17.6 Å². The maximum Gasteiger partial charge on any atom is 0.133 e. The highest BCUT2D eigenvalue weighted by Gasteiger charge is 2.22. The van der Waals surface area contributed by atoms with Crippen molar-refractivity contribution in [1.29, 1.82) is 0 Å². The van der Waals surface area contributed by atoms with Gasteiger partial charge in [0.25, 0.3) is 0 Å². The first-order valence-electron chi connectivity index (χ1n) is 5.97. The zero-order chi connectivity index (χ0) is 15.6. The minimum Gasteiger partial charge on any atom is -0.271 e. The molecule has 2 nitrogen and oxygen atoms in total. The molecule has 0 spiro atoms. The highest BCUT2D eigenvalue weighted by Crippen LogP contribution is 2.26. The van der Waals surface area contributed by atoms with Gasteiger partial charge in [0.2, 0.25) is 0 Å². The summed E-state index contributed by atoms with van der Waals surface area (Å²) in [5, 5.41) is 0.280. The van der Waals surface area contributed by atoms with E-state index in [-0.39, 0.29) is 17.0 Å². The highest BCUT2D eigenvalue weighted by molar-refractivity contribution is 6.30. The van der Waals surface area contributed by atoms with Crippen molar-refractivity contribution in [3.63, 3.8) is 0 Å². The van der Waals surface area contributed by atoms with E-state index in [4.69, 9.17) is 17.4 Å². The van der Waals surface area contributed by atoms with Gasteiger partial charge < -0.3 is 0 Å². The fourth-order valence-electron chi connectivity index (χ4n) is 2.05. The van der Waals surface area contributed by atoms with E-state index in [2.05, 4.69) is 5.43 Å². The number of benzene rings is 2. The third-order valence-corrected chi connectivity index (χ3v) is 3.26. The minimum atomic E-state index is -1.10. The number of hydrogen-bond acceptors (Lipinski definition) is 2. The van der Waals surface area contributed by atoms with Crippen molar-refractivity contribution < 1.29 is 17.6 Å². The summed E-state index contributed by atoms with van der Waals surface area (Å²) in [4.78, 5) is 0. The lowest BCUT2D eigenvalue weighted by Gasteiger charge is -2.18. The molecule has 0 aliphatic heterocycles. The second kappa shape index (κ2) is 6.43. The van der Waals surface area contributed by atoms with Gasteiger partial charge in [-0.2, -0.15) is 0 Å². The molecule has 112 valence electrons. The standard InChI is InChI=1S/C14H11ClF4N2/c15-8-1-2-10(17)7(3-8)4-13(21-20)14-11(18)5-9(16)6-12(14)19/h1-3,5-6,13,21H,4,20H2. The van der Waals surface area contributed by atoms with Crippen LogP contribution in [0.5, 0.6) is 0 Å². The van der Waals surface area contributed by atoms with Crippen molar-refractivity contribution in [1.82, 2.24) is 5.43 Å². The van der Waals surface area contributed by atoms with Gasteiger partial charge in [-0.3, -0.25) is 11.3 Å². The van der Waals surface area contributed by atoms with E-state index in [0.717, 1.165) is 6.07 Å². The van der Waals surface area contributed by atoms with E-state index in [1.165, 1.54) is 12.1 Å². The second-order valence-corrected chi connectivity index (χ2v) is 4.88. The van der Waals surface area contributed by atoms with Gasteiger partial charge >= 0.3 is 0 Å². The minimum absolute atomic E-state index is 0.133. The fraction of sp³-hybridized carbons (Fsp3) is 0.143. The van der Waals surface area contributed by atoms with Crippen LogP contribution in [0.15, 0.2) is 30.3 Å². The molecule has 1 unspecified atom stereocenters. The molecule has 7 heteroatoms. The summed E-state index contributed by atoms with van der Waals surface area (Å²) < 4.78 is 54.1. The van der Waals surface area contributed by atoms with Crippen molar-refractivity contribution in [3.05, 3.63) is 69.8 Å². The van der Waals surface area contributed by atoms with Crippen molar-refractivity contribution in [2.24, 2.45) is 5.84 Å². The molecule has 0 saturated carbocycles. The van der Waals surface area contributed by atoms with Crippen LogP contribution in [0.25, 0.3) is 0 Å². The van der Waals surface area contributed by atoms with Gasteiger partial charge in [-0.25, -0.2) is 17.6 Å². The number of rotatable bonds is 4. The molecule has 0 aromatic heterocycles. The Hall–Kier alpha value is -1.63. The summed E-state index contributed by atoms with van der Waals surface area (Å²) in [6.07, 6.45) is -0.150. The smallest absolute Gasteiger partial charge is 0.133 e. The molecule has 0 aliphatic carbocycles. The van der Waals surface area contributed by atoms with Crippen LogP contribution in [0.2, 0.25) is 5.02 Å². The number of nitrogens with one attached hydrogen (secondary N) is 1. The number of hydrogen-bond donors (Lipinski definition) is 2. The average molecular weight is 319 g/mol. The van der Waals surface area contributed by atoms with Crippen LogP contribution in [0.3, 0.4) is 0 Å². The molecule has 0 fully saturated rings. The predicted octanol–water partition coefficient (Wildman–Crippen LogP) is 3.64. The number of hydrazine groups is 1. The van der Waals surface area contributed by atoms with E-state index in [9.17, 15) is 17.6 Å². The van der Waals surface area contributed by atoms with Gasteiger partial charge in [0.1, 0.15) is 23.3 Å². The van der Waals surface area contributed by atoms with Gasteiger partial charge in [0, 0.05) is 22.7 Å². The Morgan fingerprint density at radius 3 is 2.19 bits per heavy atom. The van der Waals surface area contributed by atoms with E-state index < -0.39 is 34.9 Å². The Bertz CT molecular complexity index is 640. The topological polar surface area (TPSA) is 38.0 Å². The SMILES string of the molecule is NNC(Cc1cc(Cl)ccc1F)c1c(F)cc(F)cc1F. The van der Waals surface area contributed by atoms with Crippen LogP contribution in [0, 0.1) is 23.3 Å². The van der Waals surface area contributed by atoms with Crippen molar-refractivity contribution in [2.45, 2.75) is 12.5 Å². The normalized spacial score (nSPS) is 12.5. The summed E-state index contributed by atoms with van der Waals surface area (Å²) in [6, 6.07) is 3.83. The average Bonchev–Trinajstić information content (AvgIpc) is 2.40. The number of halogens is 5. The lowest BCUT2D eigenvalue weighted by Crippen LogP contribution is -2.31. The monoisotopic (exact) mass is 318 g/mol. The van der Waals surface area contributed by atoms with Crippen LogP contribution >= 0.6 is 11.6 Å². The van der Waals surface area contributed by atoms with Gasteiger partial charge in [-0.05, 0) is 30.2 Å². The zero-order valence-corrected chi connectivity index (χ0v) is 11.4. The molecule has 0 amide bonds. The third kappa shape index (κ3) is 3.53. The van der Waals surface area contributed by atoms with Gasteiger partial charge in [0.05, 0.1) is 6.04 Å². The molecule has 0 saturated heterocycles. The molecule has 0 bridgehead atoms. The van der Waals surface area contributed by atoms with Crippen LogP contribution in [-0.2, 0) is 6.42 Å². The quantitative estimate of drug-likeness (QED) is 0.513. The van der Waals surface area contributed by atoms with E-state index in [1.54, 1.807) is 0 Å². The lowest BCUT2D eigenvalue weighted by molar-refractivity contribution is 0.456. The summed E-state index contributed by atoms with van der Waals surface area (Å²) in [5.41, 5.74) is 1.88. The molecule has 21 heavy (non-hydrogen) atoms. The van der Waals surface area contributed by atoms with Crippen molar-refractivity contribution >= 4 is 11.6 Å². The summed E-state index contributed by atoms with van der Waals surface area (Å²) >= 11 is 5.76. The van der Waals surface area contributed by atoms with E-state index >= 15 is 0 Å². The molecule has 0 radical (unpaired) electrons. The Labute approximate surface area is 123 Å². The first-order valence-corrected chi connectivity index (χ1v) is 6.34. The molecule has 2 aromatic rings. The highest BCUT2D eigenvalue weighted by atomic mass is 35.5. The molecular formula is C14H11ClF4N2. The fourth-order valence-corrected chi connectivity index (χ4v) is 2.24. The van der Waals surface area contributed by atoms with E-state index in [0.29, 0.717) is 12.1 Å². The largest absolute Gasteiger partial charge is 0.271 e. The first-order chi connectivity index (χ1) is 9.92. The molecule has 3 N–H and O–H groups in total. The summed E-state index contributed by atoms with van der Waals surface area (Å²) in [7, 11) is 0. The summed E-state index contributed by atoms with van der Waals surface area (Å²) in [6.45, 7) is 0. The lowest BCUT2D eigenvalue weighted by atomic mass is 9.98. The maximum atomic E-state index is 13.7. The zero-order valence-electron chi connectivity index (χ0n) is 10.6. The second-order valence-electron chi connectivity index (χ2n) is 4.44. The predicted molar refractivity (Wildman–Crippen MR) is 71.5 cm³/mol. The van der Waals surface area contributed by atoms with Crippen LogP contribution in [0.1, 0.15) is 17.2 Å². The molecule has 2 rings (SSSR count). The Balaban J connectivity index is 2.39. The molecule has 0 heterocycles.